The lowest BCUT2D eigenvalue weighted by Gasteiger charge is -2.17. The topological polar surface area (TPSA) is 15.3 Å². The van der Waals surface area contributed by atoms with Crippen LogP contribution in [0, 0.1) is 6.92 Å². The highest BCUT2D eigenvalue weighted by Crippen LogP contribution is 2.14. The Balaban J connectivity index is 1.46. The quantitative estimate of drug-likeness (QED) is 0.903. The van der Waals surface area contributed by atoms with Crippen molar-refractivity contribution in [3.63, 3.8) is 0 Å². The molecule has 1 N–H and O–H groups in total. The molecule has 1 unspecified atom stereocenters. The molecule has 1 atom stereocenters. The molecule has 0 aromatic heterocycles. The molecule has 1 aliphatic heterocycles. The molecular weight excluding hydrogens is 256 g/mol. The zero-order chi connectivity index (χ0) is 14.5. The molecule has 0 aliphatic carbocycles. The fraction of sp³-hybridized carbons (Fsp3) is 0.368. The molecular formula is C19H24N2. The van der Waals surface area contributed by atoms with E-state index in [4.69, 9.17) is 0 Å². The number of nitrogens with zero attached hydrogens (tertiary/aromatic N) is 1. The van der Waals surface area contributed by atoms with Crippen molar-refractivity contribution in [2.24, 2.45) is 0 Å². The molecule has 2 heteroatoms. The molecule has 2 nitrogen and oxygen atoms in total. The normalized spacial score (nSPS) is 19.0. The maximum Gasteiger partial charge on any atom is 0.0234 e. The van der Waals surface area contributed by atoms with E-state index in [1.54, 1.807) is 0 Å². The molecule has 21 heavy (non-hydrogen) atoms. The molecule has 1 aliphatic rings. The van der Waals surface area contributed by atoms with Crippen molar-refractivity contribution < 1.29 is 0 Å². The van der Waals surface area contributed by atoms with Crippen molar-refractivity contribution in [1.29, 1.82) is 0 Å². The van der Waals surface area contributed by atoms with Crippen LogP contribution < -0.4 is 5.32 Å². The first kappa shape index (κ1) is 14.3. The molecule has 0 saturated carbocycles. The number of aryl methyl sites for hydroxylation is 1. The van der Waals surface area contributed by atoms with Crippen LogP contribution in [0.5, 0.6) is 0 Å². The predicted octanol–water partition coefficient (Wildman–Crippen LogP) is 3.36. The molecule has 0 spiro atoms. The summed E-state index contributed by atoms with van der Waals surface area (Å²) in [5.41, 5.74) is 4.14. The second-order valence-corrected chi connectivity index (χ2v) is 6.08. The summed E-state index contributed by atoms with van der Waals surface area (Å²) in [5, 5.41) is 3.70. The number of hydrogen-bond acceptors (Lipinski definition) is 2. The molecule has 110 valence electrons. The Kier molecular flexibility index (Phi) is 4.69. The van der Waals surface area contributed by atoms with E-state index in [1.165, 1.54) is 29.7 Å². The van der Waals surface area contributed by atoms with Gasteiger partial charge in [0.05, 0.1) is 0 Å². The lowest BCUT2D eigenvalue weighted by molar-refractivity contribution is 0.320. The highest BCUT2D eigenvalue weighted by Gasteiger charge is 2.21. The summed E-state index contributed by atoms with van der Waals surface area (Å²) in [5.74, 6) is 0. The van der Waals surface area contributed by atoms with E-state index in [2.05, 4.69) is 71.7 Å². The highest BCUT2D eigenvalue weighted by atomic mass is 15.2. The first-order valence-electron chi connectivity index (χ1n) is 7.85. The summed E-state index contributed by atoms with van der Waals surface area (Å²) >= 11 is 0. The smallest absolute Gasteiger partial charge is 0.0234 e. The zero-order valence-electron chi connectivity index (χ0n) is 12.8. The van der Waals surface area contributed by atoms with Gasteiger partial charge >= 0.3 is 0 Å². The van der Waals surface area contributed by atoms with E-state index >= 15 is 0 Å². The van der Waals surface area contributed by atoms with Crippen LogP contribution in [-0.2, 0) is 13.1 Å². The van der Waals surface area contributed by atoms with Gasteiger partial charge in [0.15, 0.2) is 0 Å². The van der Waals surface area contributed by atoms with Crippen molar-refractivity contribution in [1.82, 2.24) is 10.2 Å². The number of likely N-dealkylation sites (tertiary alicyclic amines) is 1. The highest BCUT2D eigenvalue weighted by molar-refractivity contribution is 5.22. The SMILES string of the molecule is Cc1cccc(CNC2CCN(Cc3ccccc3)C2)c1. The molecule has 1 fully saturated rings. The summed E-state index contributed by atoms with van der Waals surface area (Å²) in [6.07, 6.45) is 1.25. The summed E-state index contributed by atoms with van der Waals surface area (Å²) in [6, 6.07) is 20.1. The van der Waals surface area contributed by atoms with Crippen LogP contribution in [0.1, 0.15) is 23.1 Å². The van der Waals surface area contributed by atoms with E-state index in [-0.39, 0.29) is 0 Å². The van der Waals surface area contributed by atoms with Gasteiger partial charge in [0.1, 0.15) is 0 Å². The van der Waals surface area contributed by atoms with Gasteiger partial charge in [-0.15, -0.1) is 0 Å². The van der Waals surface area contributed by atoms with Crippen molar-refractivity contribution in [2.75, 3.05) is 13.1 Å². The van der Waals surface area contributed by atoms with Crippen LogP contribution in [0.4, 0.5) is 0 Å². The third-order valence-electron chi connectivity index (χ3n) is 4.20. The van der Waals surface area contributed by atoms with Crippen LogP contribution in [0.3, 0.4) is 0 Å². The standard InChI is InChI=1S/C19H24N2/c1-16-6-5-9-18(12-16)13-20-19-10-11-21(15-19)14-17-7-3-2-4-8-17/h2-9,12,19-20H,10-11,13-15H2,1H3. The Bertz CT molecular complexity index is 565. The summed E-state index contributed by atoms with van der Waals surface area (Å²) in [7, 11) is 0. The van der Waals surface area contributed by atoms with Crippen molar-refractivity contribution in [2.45, 2.75) is 32.5 Å². The maximum absolute atomic E-state index is 3.70. The van der Waals surface area contributed by atoms with Gasteiger partial charge in [-0.05, 0) is 24.5 Å². The molecule has 2 aromatic carbocycles. The van der Waals surface area contributed by atoms with Crippen LogP contribution in [0.2, 0.25) is 0 Å². The average molecular weight is 280 g/mol. The third kappa shape index (κ3) is 4.16. The van der Waals surface area contributed by atoms with Crippen molar-refractivity contribution >= 4 is 0 Å². The Morgan fingerprint density at radius 3 is 2.67 bits per heavy atom. The van der Waals surface area contributed by atoms with E-state index in [1.807, 2.05) is 0 Å². The van der Waals surface area contributed by atoms with Gasteiger partial charge < -0.3 is 5.32 Å². The van der Waals surface area contributed by atoms with E-state index in [0.29, 0.717) is 6.04 Å². The van der Waals surface area contributed by atoms with Crippen molar-refractivity contribution in [3.8, 4) is 0 Å². The minimum absolute atomic E-state index is 0.620. The van der Waals surface area contributed by atoms with Gasteiger partial charge in [0.25, 0.3) is 0 Å². The second-order valence-electron chi connectivity index (χ2n) is 6.08. The summed E-state index contributed by atoms with van der Waals surface area (Å²) < 4.78 is 0. The minimum atomic E-state index is 0.620. The van der Waals surface area contributed by atoms with Gasteiger partial charge in [0, 0.05) is 32.2 Å². The Hall–Kier alpha value is -1.64. The lowest BCUT2D eigenvalue weighted by Crippen LogP contribution is -2.31. The molecule has 0 bridgehead atoms. The van der Waals surface area contributed by atoms with Gasteiger partial charge in [0.2, 0.25) is 0 Å². The largest absolute Gasteiger partial charge is 0.309 e. The fourth-order valence-corrected chi connectivity index (χ4v) is 3.07. The van der Waals surface area contributed by atoms with E-state index in [9.17, 15) is 0 Å². The zero-order valence-corrected chi connectivity index (χ0v) is 12.8. The number of hydrogen-bond donors (Lipinski definition) is 1. The first-order valence-corrected chi connectivity index (χ1v) is 7.85. The first-order chi connectivity index (χ1) is 10.3. The van der Waals surface area contributed by atoms with Crippen LogP contribution in [0.25, 0.3) is 0 Å². The number of nitrogens with one attached hydrogen (secondary N) is 1. The predicted molar refractivity (Wildman–Crippen MR) is 88.1 cm³/mol. The average Bonchev–Trinajstić information content (AvgIpc) is 2.94. The van der Waals surface area contributed by atoms with Gasteiger partial charge in [-0.1, -0.05) is 60.2 Å². The van der Waals surface area contributed by atoms with E-state index in [0.717, 1.165) is 19.6 Å². The van der Waals surface area contributed by atoms with Gasteiger partial charge in [-0.25, -0.2) is 0 Å². The molecule has 1 heterocycles. The van der Waals surface area contributed by atoms with Crippen LogP contribution in [-0.4, -0.2) is 24.0 Å². The Morgan fingerprint density at radius 1 is 1.05 bits per heavy atom. The van der Waals surface area contributed by atoms with Crippen LogP contribution >= 0.6 is 0 Å². The molecule has 1 saturated heterocycles. The molecule has 2 aromatic rings. The number of benzene rings is 2. The Morgan fingerprint density at radius 2 is 1.86 bits per heavy atom. The third-order valence-corrected chi connectivity index (χ3v) is 4.20. The number of rotatable bonds is 5. The van der Waals surface area contributed by atoms with E-state index < -0.39 is 0 Å². The fourth-order valence-electron chi connectivity index (χ4n) is 3.07. The molecule has 0 amide bonds. The monoisotopic (exact) mass is 280 g/mol. The maximum atomic E-state index is 3.70. The minimum Gasteiger partial charge on any atom is -0.309 e. The van der Waals surface area contributed by atoms with Gasteiger partial charge in [-0.2, -0.15) is 0 Å². The van der Waals surface area contributed by atoms with Crippen molar-refractivity contribution in [3.05, 3.63) is 71.3 Å². The van der Waals surface area contributed by atoms with Crippen LogP contribution in [0.15, 0.2) is 54.6 Å². The molecule has 0 radical (unpaired) electrons. The summed E-state index contributed by atoms with van der Waals surface area (Å²) in [6.45, 7) is 6.55. The van der Waals surface area contributed by atoms with Gasteiger partial charge in [-0.3, -0.25) is 4.90 Å². The lowest BCUT2D eigenvalue weighted by atomic mass is 10.1. The molecule has 3 rings (SSSR count). The summed E-state index contributed by atoms with van der Waals surface area (Å²) in [4.78, 5) is 2.54. The Labute approximate surface area is 127 Å². The second kappa shape index (κ2) is 6.88.